The minimum atomic E-state index is -1.33. The summed E-state index contributed by atoms with van der Waals surface area (Å²) in [5.74, 6) is -1.81. The molecule has 1 aromatic carbocycles. The third-order valence-electron chi connectivity index (χ3n) is 4.58. The summed E-state index contributed by atoms with van der Waals surface area (Å²) in [7, 11) is 1.52. The number of hydrogen-bond donors (Lipinski definition) is 3. The Bertz CT molecular complexity index is 776. The second-order valence-corrected chi connectivity index (χ2v) is 7.26. The van der Waals surface area contributed by atoms with Crippen molar-refractivity contribution in [3.05, 3.63) is 29.8 Å². The zero-order valence-electron chi connectivity index (χ0n) is 16.3. The van der Waals surface area contributed by atoms with Gasteiger partial charge in [-0.3, -0.25) is 14.5 Å². The standard InChI is InChI=1S/C19H25N3O6/c1-11(2)9-14(16(24)25)20-15(23)10-22-17(26)19(3,21-18(22)27)12-5-7-13(28-4)8-6-12/h5-8,11,14H,9-10H2,1-4H3,(H,20,23)(H,21,27)(H,24,25)/t14-,19?/m1/s1. The molecule has 2 rings (SSSR count). The number of methoxy groups -OCH3 is 1. The van der Waals surface area contributed by atoms with Crippen LogP contribution in [0.25, 0.3) is 0 Å². The van der Waals surface area contributed by atoms with Crippen LogP contribution in [0, 0.1) is 5.92 Å². The molecule has 0 spiro atoms. The van der Waals surface area contributed by atoms with Crippen LogP contribution < -0.4 is 15.4 Å². The molecule has 1 aromatic rings. The minimum Gasteiger partial charge on any atom is -0.497 e. The van der Waals surface area contributed by atoms with Crippen LogP contribution in [0.4, 0.5) is 4.79 Å². The van der Waals surface area contributed by atoms with Gasteiger partial charge in [0.25, 0.3) is 5.91 Å². The maximum absolute atomic E-state index is 12.8. The number of benzene rings is 1. The van der Waals surface area contributed by atoms with Gasteiger partial charge in [-0.25, -0.2) is 9.59 Å². The molecule has 9 nitrogen and oxygen atoms in total. The van der Waals surface area contributed by atoms with Gasteiger partial charge in [-0.05, 0) is 37.0 Å². The largest absolute Gasteiger partial charge is 0.497 e. The Labute approximate surface area is 163 Å². The minimum absolute atomic E-state index is 0.0523. The van der Waals surface area contributed by atoms with Crippen LogP contribution in [0.2, 0.25) is 0 Å². The van der Waals surface area contributed by atoms with E-state index < -0.39 is 41.9 Å². The quantitative estimate of drug-likeness (QED) is 0.570. The van der Waals surface area contributed by atoms with E-state index in [0.717, 1.165) is 4.90 Å². The Kier molecular flexibility index (Phi) is 6.27. The van der Waals surface area contributed by atoms with Gasteiger partial charge in [0.1, 0.15) is 23.9 Å². The number of carboxylic acid groups (broad SMARTS) is 1. The summed E-state index contributed by atoms with van der Waals surface area (Å²) >= 11 is 0. The number of nitrogens with zero attached hydrogens (tertiary/aromatic N) is 1. The number of carbonyl (C=O) groups excluding carboxylic acids is 3. The molecule has 9 heteroatoms. The maximum atomic E-state index is 12.8. The van der Waals surface area contributed by atoms with E-state index in [4.69, 9.17) is 4.74 Å². The van der Waals surface area contributed by atoms with Gasteiger partial charge in [-0.15, -0.1) is 0 Å². The van der Waals surface area contributed by atoms with Gasteiger partial charge >= 0.3 is 12.0 Å². The van der Waals surface area contributed by atoms with Gasteiger partial charge in [0.2, 0.25) is 5.91 Å². The summed E-state index contributed by atoms with van der Waals surface area (Å²) in [6.45, 7) is 4.66. The van der Waals surface area contributed by atoms with Crippen LogP contribution in [0.3, 0.4) is 0 Å². The molecule has 0 bridgehead atoms. The number of carboxylic acids is 1. The molecule has 0 aliphatic carbocycles. The zero-order valence-corrected chi connectivity index (χ0v) is 16.3. The maximum Gasteiger partial charge on any atom is 0.326 e. The van der Waals surface area contributed by atoms with Gasteiger partial charge in [-0.1, -0.05) is 26.0 Å². The van der Waals surface area contributed by atoms with E-state index in [9.17, 15) is 24.3 Å². The van der Waals surface area contributed by atoms with Crippen LogP contribution in [0.15, 0.2) is 24.3 Å². The summed E-state index contributed by atoms with van der Waals surface area (Å²) in [5.41, 5.74) is -0.786. The van der Waals surface area contributed by atoms with Gasteiger partial charge in [-0.2, -0.15) is 0 Å². The van der Waals surface area contributed by atoms with Crippen molar-refractivity contribution >= 4 is 23.8 Å². The molecule has 1 aliphatic heterocycles. The lowest BCUT2D eigenvalue weighted by atomic mass is 9.92. The van der Waals surface area contributed by atoms with E-state index in [-0.39, 0.29) is 12.3 Å². The normalized spacial score (nSPS) is 20.1. The van der Waals surface area contributed by atoms with E-state index in [0.29, 0.717) is 11.3 Å². The number of urea groups is 1. The molecule has 1 fully saturated rings. The summed E-state index contributed by atoms with van der Waals surface area (Å²) < 4.78 is 5.09. The summed E-state index contributed by atoms with van der Waals surface area (Å²) in [4.78, 5) is 49.5. The molecular formula is C19H25N3O6. The van der Waals surface area contributed by atoms with Crippen molar-refractivity contribution in [2.24, 2.45) is 5.92 Å². The molecule has 152 valence electrons. The van der Waals surface area contributed by atoms with Crippen molar-refractivity contribution in [3.63, 3.8) is 0 Å². The highest BCUT2D eigenvalue weighted by Crippen LogP contribution is 2.29. The lowest BCUT2D eigenvalue weighted by Crippen LogP contribution is -2.48. The lowest BCUT2D eigenvalue weighted by molar-refractivity contribution is -0.142. The average molecular weight is 391 g/mol. The first-order chi connectivity index (χ1) is 13.1. The molecule has 1 saturated heterocycles. The van der Waals surface area contributed by atoms with Crippen LogP contribution >= 0.6 is 0 Å². The number of carbonyl (C=O) groups is 4. The first-order valence-corrected chi connectivity index (χ1v) is 8.89. The summed E-state index contributed by atoms with van der Waals surface area (Å²) in [6, 6.07) is 4.85. The predicted molar refractivity (Wildman–Crippen MR) is 99.6 cm³/mol. The van der Waals surface area contributed by atoms with Crippen molar-refractivity contribution in [2.75, 3.05) is 13.7 Å². The number of aliphatic carboxylic acids is 1. The second-order valence-electron chi connectivity index (χ2n) is 7.26. The Morgan fingerprint density at radius 3 is 2.36 bits per heavy atom. The first-order valence-electron chi connectivity index (χ1n) is 8.89. The highest BCUT2D eigenvalue weighted by atomic mass is 16.5. The number of imide groups is 1. The number of hydrogen-bond acceptors (Lipinski definition) is 5. The van der Waals surface area contributed by atoms with Crippen molar-refractivity contribution in [2.45, 2.75) is 38.8 Å². The van der Waals surface area contributed by atoms with Gasteiger partial charge in [0, 0.05) is 0 Å². The highest BCUT2D eigenvalue weighted by molar-refractivity contribution is 6.09. The van der Waals surface area contributed by atoms with Crippen molar-refractivity contribution in [1.29, 1.82) is 0 Å². The van der Waals surface area contributed by atoms with Gasteiger partial charge in [0.05, 0.1) is 7.11 Å². The number of ether oxygens (including phenoxy) is 1. The SMILES string of the molecule is COc1ccc(C2(C)NC(=O)N(CC(=O)N[C@H](CC(C)C)C(=O)O)C2=O)cc1. The molecular weight excluding hydrogens is 366 g/mol. The molecule has 2 atom stereocenters. The number of rotatable bonds is 8. The van der Waals surface area contributed by atoms with E-state index in [2.05, 4.69) is 10.6 Å². The molecule has 0 radical (unpaired) electrons. The van der Waals surface area contributed by atoms with Crippen LogP contribution in [0.5, 0.6) is 5.75 Å². The predicted octanol–water partition coefficient (Wildman–Crippen LogP) is 1.08. The van der Waals surface area contributed by atoms with Crippen molar-refractivity contribution in [3.8, 4) is 5.75 Å². The average Bonchev–Trinajstić information content (AvgIpc) is 2.85. The first kappa shape index (κ1) is 21.2. The molecule has 28 heavy (non-hydrogen) atoms. The van der Waals surface area contributed by atoms with Crippen LogP contribution in [-0.2, 0) is 19.9 Å². The van der Waals surface area contributed by atoms with E-state index in [1.807, 2.05) is 13.8 Å². The van der Waals surface area contributed by atoms with Crippen molar-refractivity contribution < 1.29 is 29.0 Å². The van der Waals surface area contributed by atoms with E-state index in [1.54, 1.807) is 31.2 Å². The molecule has 3 N–H and O–H groups in total. The van der Waals surface area contributed by atoms with Crippen molar-refractivity contribution in [1.82, 2.24) is 15.5 Å². The fraction of sp³-hybridized carbons (Fsp3) is 0.474. The van der Waals surface area contributed by atoms with Crippen LogP contribution in [-0.4, -0.2) is 53.5 Å². The smallest absolute Gasteiger partial charge is 0.326 e. The van der Waals surface area contributed by atoms with Gasteiger partial charge in [0.15, 0.2) is 0 Å². The lowest BCUT2D eigenvalue weighted by Gasteiger charge is -2.22. The topological polar surface area (TPSA) is 125 Å². The molecule has 0 saturated carbocycles. The molecule has 1 aliphatic rings. The third kappa shape index (κ3) is 4.41. The molecule has 4 amide bonds. The Morgan fingerprint density at radius 1 is 1.25 bits per heavy atom. The Balaban J connectivity index is 2.12. The third-order valence-corrected chi connectivity index (χ3v) is 4.58. The Morgan fingerprint density at radius 2 is 1.86 bits per heavy atom. The Hall–Kier alpha value is -3.10. The van der Waals surface area contributed by atoms with Gasteiger partial charge < -0.3 is 20.5 Å². The fourth-order valence-electron chi connectivity index (χ4n) is 3.04. The summed E-state index contributed by atoms with van der Waals surface area (Å²) in [5, 5.41) is 14.2. The summed E-state index contributed by atoms with van der Waals surface area (Å²) in [6.07, 6.45) is 0.241. The molecule has 1 unspecified atom stereocenters. The van der Waals surface area contributed by atoms with E-state index >= 15 is 0 Å². The zero-order chi connectivity index (χ0) is 21.1. The van der Waals surface area contributed by atoms with Crippen LogP contribution in [0.1, 0.15) is 32.8 Å². The fourth-order valence-corrected chi connectivity index (χ4v) is 3.04. The molecule has 0 aromatic heterocycles. The second kappa shape index (κ2) is 8.28. The highest BCUT2D eigenvalue weighted by Gasteiger charge is 2.49. The monoisotopic (exact) mass is 391 g/mol. The number of nitrogens with one attached hydrogen (secondary N) is 2. The van der Waals surface area contributed by atoms with E-state index in [1.165, 1.54) is 7.11 Å². The number of amides is 4. The molecule has 1 heterocycles.